The molecule has 0 fully saturated rings. The number of hydrogen-bond acceptors (Lipinski definition) is 3. The molecule has 1 amide bonds. The summed E-state index contributed by atoms with van der Waals surface area (Å²) in [5, 5.41) is 2.83. The quantitative estimate of drug-likeness (QED) is 0.617. The summed E-state index contributed by atoms with van der Waals surface area (Å²) in [7, 11) is 0. The van der Waals surface area contributed by atoms with Gasteiger partial charge in [0.2, 0.25) is 12.7 Å². The van der Waals surface area contributed by atoms with E-state index in [9.17, 15) is 4.79 Å². The summed E-state index contributed by atoms with van der Waals surface area (Å²) in [5.74, 6) is 1.99. The molecule has 0 unspecified atom stereocenters. The maximum atomic E-state index is 11.4. The summed E-state index contributed by atoms with van der Waals surface area (Å²) in [6.07, 6.45) is 12.1. The van der Waals surface area contributed by atoms with Gasteiger partial charge in [0.05, 0.1) is 0 Å². The molecule has 4 nitrogen and oxygen atoms in total. The molecule has 0 aliphatic carbocycles. The Kier molecular flexibility index (Phi) is 6.48. The normalized spacial score (nSPS) is 13.7. The van der Waals surface area contributed by atoms with Crippen LogP contribution in [-0.2, 0) is 4.79 Å². The summed E-state index contributed by atoms with van der Waals surface area (Å²) in [6.45, 7) is 5.13. The number of allylic oxidation sites excluding steroid dienone is 4. The lowest BCUT2D eigenvalue weighted by Crippen LogP contribution is -2.25. The van der Waals surface area contributed by atoms with Gasteiger partial charge in [-0.1, -0.05) is 50.3 Å². The van der Waals surface area contributed by atoms with E-state index in [-0.39, 0.29) is 5.91 Å². The van der Waals surface area contributed by atoms with E-state index >= 15 is 0 Å². The highest BCUT2D eigenvalue weighted by Gasteiger charge is 2.11. The Balaban J connectivity index is 1.71. The van der Waals surface area contributed by atoms with Crippen molar-refractivity contribution in [1.82, 2.24) is 5.32 Å². The highest BCUT2D eigenvalue weighted by Crippen LogP contribution is 2.32. The van der Waals surface area contributed by atoms with E-state index in [1.165, 1.54) is 0 Å². The predicted molar refractivity (Wildman–Crippen MR) is 92.3 cm³/mol. The zero-order valence-electron chi connectivity index (χ0n) is 13.6. The van der Waals surface area contributed by atoms with E-state index in [0.29, 0.717) is 19.3 Å². The van der Waals surface area contributed by atoms with Gasteiger partial charge in [0.1, 0.15) is 0 Å². The standard InChI is InChI=1S/C19H23NO3/c1-15(2)13-20-19(21)9-7-5-3-4-6-8-16-10-11-17-18(12-16)23-14-22-17/h3,5-12,15H,4,13-14H2,1-2H3,(H,20,21)/b5-3+,8-6+,9-7+. The Labute approximate surface area is 137 Å². The third-order valence-electron chi connectivity index (χ3n) is 3.16. The fraction of sp³-hybridized carbons (Fsp3) is 0.316. The Morgan fingerprint density at radius 1 is 1.22 bits per heavy atom. The van der Waals surface area contributed by atoms with E-state index in [2.05, 4.69) is 25.2 Å². The van der Waals surface area contributed by atoms with Crippen LogP contribution >= 0.6 is 0 Å². The second-order valence-corrected chi connectivity index (χ2v) is 5.68. The molecule has 23 heavy (non-hydrogen) atoms. The molecule has 1 heterocycles. The summed E-state index contributed by atoms with van der Waals surface area (Å²) >= 11 is 0. The minimum atomic E-state index is -0.0562. The average Bonchev–Trinajstić information content (AvgIpc) is 2.99. The molecule has 0 saturated carbocycles. The van der Waals surface area contributed by atoms with Gasteiger partial charge in [-0.15, -0.1) is 0 Å². The molecular weight excluding hydrogens is 290 g/mol. The van der Waals surface area contributed by atoms with Crippen molar-refractivity contribution in [3.63, 3.8) is 0 Å². The zero-order valence-corrected chi connectivity index (χ0v) is 13.6. The smallest absolute Gasteiger partial charge is 0.243 e. The molecule has 1 aromatic carbocycles. The van der Waals surface area contributed by atoms with Crippen molar-refractivity contribution >= 4 is 12.0 Å². The van der Waals surface area contributed by atoms with Gasteiger partial charge in [-0.25, -0.2) is 0 Å². The molecule has 0 atom stereocenters. The van der Waals surface area contributed by atoms with E-state index in [0.717, 1.165) is 23.5 Å². The fourth-order valence-electron chi connectivity index (χ4n) is 1.96. The van der Waals surface area contributed by atoms with Crippen molar-refractivity contribution in [3.8, 4) is 11.5 Å². The van der Waals surface area contributed by atoms with Crippen molar-refractivity contribution in [1.29, 1.82) is 0 Å². The van der Waals surface area contributed by atoms with Gasteiger partial charge < -0.3 is 14.8 Å². The summed E-state index contributed by atoms with van der Waals surface area (Å²) in [4.78, 5) is 11.4. The lowest BCUT2D eigenvalue weighted by molar-refractivity contribution is -0.116. The Morgan fingerprint density at radius 3 is 2.87 bits per heavy atom. The molecule has 0 spiro atoms. The van der Waals surface area contributed by atoms with Gasteiger partial charge in [0, 0.05) is 12.6 Å². The van der Waals surface area contributed by atoms with E-state index < -0.39 is 0 Å². The zero-order chi connectivity index (χ0) is 16.5. The van der Waals surface area contributed by atoms with Crippen LogP contribution in [0.5, 0.6) is 11.5 Å². The second kappa shape index (κ2) is 8.83. The van der Waals surface area contributed by atoms with Gasteiger partial charge in [-0.05, 0) is 30.0 Å². The van der Waals surface area contributed by atoms with Crippen LogP contribution in [0.3, 0.4) is 0 Å². The van der Waals surface area contributed by atoms with Crippen LogP contribution < -0.4 is 14.8 Å². The first-order valence-corrected chi connectivity index (χ1v) is 7.82. The van der Waals surface area contributed by atoms with Crippen LogP contribution in [0.2, 0.25) is 0 Å². The van der Waals surface area contributed by atoms with Crippen molar-refractivity contribution in [2.45, 2.75) is 20.3 Å². The third kappa shape index (κ3) is 6.02. The average molecular weight is 313 g/mol. The van der Waals surface area contributed by atoms with Gasteiger partial charge in [0.25, 0.3) is 0 Å². The van der Waals surface area contributed by atoms with Crippen LogP contribution in [0.15, 0.2) is 48.6 Å². The molecule has 0 radical (unpaired) electrons. The number of carbonyl (C=O) groups excluding carboxylic acids is 1. The molecule has 0 bridgehead atoms. The van der Waals surface area contributed by atoms with Crippen LogP contribution in [0.1, 0.15) is 25.8 Å². The summed E-state index contributed by atoms with van der Waals surface area (Å²) < 4.78 is 10.6. The lowest BCUT2D eigenvalue weighted by atomic mass is 10.2. The first-order chi connectivity index (χ1) is 11.1. The second-order valence-electron chi connectivity index (χ2n) is 5.68. The molecule has 2 rings (SSSR count). The monoisotopic (exact) mass is 313 g/mol. The molecule has 1 aliphatic heterocycles. The molecule has 4 heteroatoms. The minimum absolute atomic E-state index is 0.0562. The Morgan fingerprint density at radius 2 is 2.04 bits per heavy atom. The Bertz CT molecular complexity index is 615. The van der Waals surface area contributed by atoms with Gasteiger partial charge in [-0.3, -0.25) is 4.79 Å². The number of amides is 1. The number of hydrogen-bond donors (Lipinski definition) is 1. The summed E-state index contributed by atoms with van der Waals surface area (Å²) in [5.41, 5.74) is 1.08. The molecule has 0 aromatic heterocycles. The largest absolute Gasteiger partial charge is 0.454 e. The van der Waals surface area contributed by atoms with Crippen molar-refractivity contribution in [3.05, 3.63) is 54.1 Å². The van der Waals surface area contributed by atoms with E-state index in [1.54, 1.807) is 12.2 Å². The van der Waals surface area contributed by atoms with Crippen molar-refractivity contribution < 1.29 is 14.3 Å². The predicted octanol–water partition coefficient (Wildman–Crippen LogP) is 3.70. The van der Waals surface area contributed by atoms with Crippen molar-refractivity contribution in [2.75, 3.05) is 13.3 Å². The van der Waals surface area contributed by atoms with Gasteiger partial charge in [-0.2, -0.15) is 0 Å². The maximum Gasteiger partial charge on any atom is 0.243 e. The highest BCUT2D eigenvalue weighted by molar-refractivity contribution is 5.87. The SMILES string of the molecule is CC(C)CNC(=O)/C=C/C=C/C/C=C/c1ccc2c(c1)OCO2. The number of fused-ring (bicyclic) bond motifs is 1. The summed E-state index contributed by atoms with van der Waals surface area (Å²) in [6, 6.07) is 5.87. The molecular formula is C19H23NO3. The number of nitrogens with one attached hydrogen (secondary N) is 1. The number of rotatable bonds is 7. The number of ether oxygens (including phenoxy) is 2. The number of benzene rings is 1. The first kappa shape index (κ1) is 16.9. The lowest BCUT2D eigenvalue weighted by Gasteiger charge is -2.03. The van der Waals surface area contributed by atoms with E-state index in [1.807, 2.05) is 36.4 Å². The number of carbonyl (C=O) groups is 1. The van der Waals surface area contributed by atoms with Crippen LogP contribution in [-0.4, -0.2) is 19.2 Å². The van der Waals surface area contributed by atoms with Gasteiger partial charge in [0.15, 0.2) is 11.5 Å². The maximum absolute atomic E-state index is 11.4. The van der Waals surface area contributed by atoms with Crippen LogP contribution in [0, 0.1) is 5.92 Å². The highest BCUT2D eigenvalue weighted by atomic mass is 16.7. The molecule has 0 saturated heterocycles. The van der Waals surface area contributed by atoms with Crippen LogP contribution in [0.25, 0.3) is 6.08 Å². The topological polar surface area (TPSA) is 47.6 Å². The molecule has 1 aliphatic rings. The van der Waals surface area contributed by atoms with Crippen molar-refractivity contribution in [2.24, 2.45) is 5.92 Å². The first-order valence-electron chi connectivity index (χ1n) is 7.82. The van der Waals surface area contributed by atoms with Gasteiger partial charge >= 0.3 is 0 Å². The molecule has 122 valence electrons. The third-order valence-corrected chi connectivity index (χ3v) is 3.16. The van der Waals surface area contributed by atoms with E-state index in [4.69, 9.17) is 9.47 Å². The minimum Gasteiger partial charge on any atom is -0.454 e. The molecule has 1 N–H and O–H groups in total. The molecule has 1 aromatic rings. The van der Waals surface area contributed by atoms with Crippen LogP contribution in [0.4, 0.5) is 0 Å². The fourth-order valence-corrected chi connectivity index (χ4v) is 1.96. The Hall–Kier alpha value is -2.49.